The standard InChI is InChI=1S/C18H22N8O2.ClH/c1-3-26-14(8-11(2)24-26)17(28)23-18-22-13-9-12(15(20)27)10-21-16(13)25(18)7-5-4-6-19;/h4-5,8-10H,3,6-7,19H2,1-2H3,(H2,20,27)(H,22,23,28);1H/b5-4+;. The van der Waals surface area contributed by atoms with Gasteiger partial charge >= 0.3 is 0 Å². The third-order valence-corrected chi connectivity index (χ3v) is 4.12. The number of hydrogen-bond acceptors (Lipinski definition) is 6. The summed E-state index contributed by atoms with van der Waals surface area (Å²) in [5.41, 5.74) is 13.2. The monoisotopic (exact) mass is 418 g/mol. The predicted octanol–water partition coefficient (Wildman–Crippen LogP) is 1.24. The number of hydrogen-bond donors (Lipinski definition) is 3. The number of carbonyl (C=O) groups is 2. The SMILES string of the molecule is CCn1nc(C)cc1C(=O)Nc1nc2cc(C(N)=O)cnc2n1C/C=C/CN.Cl. The van der Waals surface area contributed by atoms with Crippen molar-refractivity contribution in [2.75, 3.05) is 11.9 Å². The molecule has 0 bridgehead atoms. The molecule has 0 aliphatic rings. The molecule has 0 unspecified atom stereocenters. The molecule has 0 aromatic carbocycles. The second kappa shape index (κ2) is 9.30. The lowest BCUT2D eigenvalue weighted by Crippen LogP contribution is -2.20. The molecule has 0 atom stereocenters. The average molecular weight is 419 g/mol. The number of allylic oxidation sites excluding steroid dienone is 1. The Bertz CT molecular complexity index is 1070. The Morgan fingerprint density at radius 3 is 2.69 bits per heavy atom. The highest BCUT2D eigenvalue weighted by atomic mass is 35.5. The molecule has 29 heavy (non-hydrogen) atoms. The molecular weight excluding hydrogens is 396 g/mol. The fourth-order valence-corrected chi connectivity index (χ4v) is 2.83. The fourth-order valence-electron chi connectivity index (χ4n) is 2.83. The van der Waals surface area contributed by atoms with E-state index in [4.69, 9.17) is 11.5 Å². The first-order valence-corrected chi connectivity index (χ1v) is 8.81. The van der Waals surface area contributed by atoms with Gasteiger partial charge in [-0.1, -0.05) is 12.2 Å². The van der Waals surface area contributed by atoms with Gasteiger partial charge in [0.25, 0.3) is 5.91 Å². The van der Waals surface area contributed by atoms with Crippen molar-refractivity contribution in [2.24, 2.45) is 11.5 Å². The van der Waals surface area contributed by atoms with Gasteiger partial charge in [0.1, 0.15) is 11.2 Å². The highest BCUT2D eigenvalue weighted by Crippen LogP contribution is 2.20. The van der Waals surface area contributed by atoms with Crippen molar-refractivity contribution in [3.8, 4) is 0 Å². The molecule has 154 valence electrons. The molecule has 5 N–H and O–H groups in total. The van der Waals surface area contributed by atoms with E-state index in [0.717, 1.165) is 5.69 Å². The van der Waals surface area contributed by atoms with E-state index in [2.05, 4.69) is 20.4 Å². The van der Waals surface area contributed by atoms with Gasteiger partial charge in [0, 0.05) is 25.8 Å². The molecule has 3 aromatic heterocycles. The summed E-state index contributed by atoms with van der Waals surface area (Å²) in [6.07, 6.45) is 5.03. The minimum absolute atomic E-state index is 0. The highest BCUT2D eigenvalue weighted by Gasteiger charge is 2.19. The molecule has 0 fully saturated rings. The van der Waals surface area contributed by atoms with E-state index < -0.39 is 5.91 Å². The summed E-state index contributed by atoms with van der Waals surface area (Å²) < 4.78 is 3.35. The zero-order chi connectivity index (χ0) is 20.3. The van der Waals surface area contributed by atoms with Crippen molar-refractivity contribution in [3.63, 3.8) is 0 Å². The summed E-state index contributed by atoms with van der Waals surface area (Å²) >= 11 is 0. The van der Waals surface area contributed by atoms with Gasteiger partial charge in [-0.2, -0.15) is 5.10 Å². The number of rotatable bonds is 7. The summed E-state index contributed by atoms with van der Waals surface area (Å²) in [6.45, 7) is 5.09. The summed E-state index contributed by atoms with van der Waals surface area (Å²) in [4.78, 5) is 32.9. The number of carbonyl (C=O) groups excluding carboxylic acids is 2. The second-order valence-corrected chi connectivity index (χ2v) is 6.12. The number of pyridine rings is 1. The van der Waals surface area contributed by atoms with Crippen LogP contribution in [-0.4, -0.2) is 42.7 Å². The van der Waals surface area contributed by atoms with Gasteiger partial charge in [0.05, 0.1) is 11.3 Å². The second-order valence-electron chi connectivity index (χ2n) is 6.12. The van der Waals surface area contributed by atoms with Gasteiger partial charge in [0.15, 0.2) is 5.65 Å². The van der Waals surface area contributed by atoms with E-state index in [9.17, 15) is 9.59 Å². The lowest BCUT2D eigenvalue weighted by molar-refractivity contribution is 0.0995. The Balaban J connectivity index is 0.00000300. The number of halogens is 1. The summed E-state index contributed by atoms with van der Waals surface area (Å²) in [7, 11) is 0. The average Bonchev–Trinajstić information content (AvgIpc) is 3.21. The normalized spacial score (nSPS) is 11.0. The number of anilines is 1. The number of primary amides is 1. The van der Waals surface area contributed by atoms with Gasteiger partial charge in [-0.05, 0) is 26.0 Å². The van der Waals surface area contributed by atoms with Gasteiger partial charge < -0.3 is 11.5 Å². The van der Waals surface area contributed by atoms with Crippen LogP contribution in [-0.2, 0) is 13.1 Å². The van der Waals surface area contributed by atoms with Crippen LogP contribution >= 0.6 is 12.4 Å². The van der Waals surface area contributed by atoms with Crippen molar-refractivity contribution in [1.29, 1.82) is 0 Å². The van der Waals surface area contributed by atoms with E-state index in [1.807, 2.05) is 19.9 Å². The van der Waals surface area contributed by atoms with E-state index in [0.29, 0.717) is 42.4 Å². The molecule has 0 saturated heterocycles. The lowest BCUT2D eigenvalue weighted by Gasteiger charge is -2.08. The predicted molar refractivity (Wildman–Crippen MR) is 112 cm³/mol. The fraction of sp³-hybridized carbons (Fsp3) is 0.278. The Hall–Kier alpha value is -3.24. The number of imidazole rings is 1. The van der Waals surface area contributed by atoms with Gasteiger partial charge in [0.2, 0.25) is 11.9 Å². The maximum absolute atomic E-state index is 12.8. The maximum Gasteiger partial charge on any atom is 0.276 e. The number of nitrogens with one attached hydrogen (secondary N) is 1. The number of nitrogens with two attached hydrogens (primary N) is 2. The zero-order valence-electron chi connectivity index (χ0n) is 16.1. The number of fused-ring (bicyclic) bond motifs is 1. The first-order chi connectivity index (χ1) is 13.4. The van der Waals surface area contributed by atoms with Crippen LogP contribution in [0.15, 0.2) is 30.5 Å². The van der Waals surface area contributed by atoms with E-state index in [1.54, 1.807) is 27.5 Å². The molecule has 10 nitrogen and oxygen atoms in total. The Kier molecular flexibility index (Phi) is 7.08. The minimum Gasteiger partial charge on any atom is -0.366 e. The molecule has 3 aromatic rings. The van der Waals surface area contributed by atoms with Crippen molar-refractivity contribution in [2.45, 2.75) is 26.9 Å². The van der Waals surface area contributed by atoms with Crippen molar-refractivity contribution < 1.29 is 9.59 Å². The molecule has 0 radical (unpaired) electrons. The molecular formula is C18H23ClN8O2. The number of aromatic nitrogens is 5. The van der Waals surface area contributed by atoms with Crippen molar-refractivity contribution in [3.05, 3.63) is 47.4 Å². The number of amides is 2. The zero-order valence-corrected chi connectivity index (χ0v) is 16.9. The minimum atomic E-state index is -0.597. The maximum atomic E-state index is 12.8. The molecule has 3 heterocycles. The molecule has 0 aliphatic carbocycles. The van der Waals surface area contributed by atoms with Crippen LogP contribution in [0.5, 0.6) is 0 Å². The smallest absolute Gasteiger partial charge is 0.276 e. The van der Waals surface area contributed by atoms with Crippen LogP contribution in [0.4, 0.5) is 5.95 Å². The van der Waals surface area contributed by atoms with Gasteiger partial charge in [-0.25, -0.2) is 9.97 Å². The third-order valence-electron chi connectivity index (χ3n) is 4.12. The van der Waals surface area contributed by atoms with E-state index in [-0.39, 0.29) is 23.9 Å². The molecule has 0 saturated carbocycles. The van der Waals surface area contributed by atoms with Crippen LogP contribution in [0.1, 0.15) is 33.5 Å². The lowest BCUT2D eigenvalue weighted by atomic mass is 10.2. The largest absolute Gasteiger partial charge is 0.366 e. The third kappa shape index (κ3) is 4.61. The van der Waals surface area contributed by atoms with Gasteiger partial charge in [-0.3, -0.25) is 24.2 Å². The van der Waals surface area contributed by atoms with Crippen molar-refractivity contribution in [1.82, 2.24) is 24.3 Å². The van der Waals surface area contributed by atoms with Crippen LogP contribution in [0.2, 0.25) is 0 Å². The topological polar surface area (TPSA) is 147 Å². The van der Waals surface area contributed by atoms with Gasteiger partial charge in [-0.15, -0.1) is 12.4 Å². The molecule has 11 heteroatoms. The summed E-state index contributed by atoms with van der Waals surface area (Å²) in [6, 6.07) is 3.26. The summed E-state index contributed by atoms with van der Waals surface area (Å²) in [5.74, 6) is -0.630. The molecule has 0 aliphatic heterocycles. The highest BCUT2D eigenvalue weighted by molar-refractivity contribution is 6.03. The van der Waals surface area contributed by atoms with Crippen LogP contribution < -0.4 is 16.8 Å². The van der Waals surface area contributed by atoms with Crippen molar-refractivity contribution >= 4 is 41.3 Å². The first-order valence-electron chi connectivity index (χ1n) is 8.81. The molecule has 2 amide bonds. The quantitative estimate of drug-likeness (QED) is 0.492. The van der Waals surface area contributed by atoms with Crippen LogP contribution in [0.3, 0.4) is 0 Å². The number of nitrogens with zero attached hydrogens (tertiary/aromatic N) is 5. The van der Waals surface area contributed by atoms with Crippen LogP contribution in [0.25, 0.3) is 11.2 Å². The van der Waals surface area contributed by atoms with E-state index >= 15 is 0 Å². The first kappa shape index (κ1) is 22.1. The Morgan fingerprint density at radius 1 is 1.28 bits per heavy atom. The van der Waals surface area contributed by atoms with E-state index in [1.165, 1.54) is 6.20 Å². The molecule has 0 spiro atoms. The Morgan fingerprint density at radius 2 is 2.03 bits per heavy atom. The molecule has 3 rings (SSSR count). The van der Waals surface area contributed by atoms with Crippen LogP contribution in [0, 0.1) is 6.92 Å². The Labute approximate surface area is 173 Å². The summed E-state index contributed by atoms with van der Waals surface area (Å²) in [5, 5.41) is 7.10. The number of aryl methyl sites for hydroxylation is 2.